The number of carbonyl (C=O) groups is 1. The highest BCUT2D eigenvalue weighted by atomic mass is 32.2. The fourth-order valence-electron chi connectivity index (χ4n) is 1.75. The van der Waals surface area contributed by atoms with Gasteiger partial charge in [0.25, 0.3) is 5.82 Å². The number of carbonyl (C=O) groups excluding carboxylic acids is 1. The quantitative estimate of drug-likeness (QED) is 0.724. The van der Waals surface area contributed by atoms with Crippen molar-refractivity contribution in [3.63, 3.8) is 0 Å². The molecule has 0 aromatic carbocycles. The zero-order valence-corrected chi connectivity index (χ0v) is 11.7. The summed E-state index contributed by atoms with van der Waals surface area (Å²) in [7, 11) is -1.01. The summed E-state index contributed by atoms with van der Waals surface area (Å²) in [6.45, 7) is 0. The number of hydrogen-bond acceptors (Lipinski definition) is 4. The number of carboxylic acids is 1. The van der Waals surface area contributed by atoms with Gasteiger partial charge in [-0.3, -0.25) is 0 Å². The Kier molecular flexibility index (Phi) is 3.49. The molecule has 106 valence electrons. The molecule has 0 radical (unpaired) electrons. The number of anilines is 1. The number of nitrogens with one attached hydrogen (secondary N) is 1. The van der Waals surface area contributed by atoms with E-state index in [2.05, 4.69) is 4.98 Å². The zero-order chi connectivity index (χ0) is 14.9. The van der Waals surface area contributed by atoms with Gasteiger partial charge in [-0.05, 0) is 12.1 Å². The smallest absolute Gasteiger partial charge is 0.332 e. The van der Waals surface area contributed by atoms with E-state index >= 15 is 0 Å². The van der Waals surface area contributed by atoms with Gasteiger partial charge in [0.1, 0.15) is 4.90 Å². The lowest BCUT2D eigenvalue weighted by Gasteiger charge is -2.09. The molecule has 8 heteroatoms. The van der Waals surface area contributed by atoms with E-state index in [1.54, 1.807) is 24.4 Å². The van der Waals surface area contributed by atoms with Crippen molar-refractivity contribution in [1.82, 2.24) is 4.57 Å². The maximum absolute atomic E-state index is 12.4. The van der Waals surface area contributed by atoms with Gasteiger partial charge in [0.15, 0.2) is 0 Å². The lowest BCUT2D eigenvalue weighted by molar-refractivity contribution is -0.362. The third-order valence-corrected chi connectivity index (χ3v) is 4.62. The number of hydrogen-bond donors (Lipinski definition) is 0. The van der Waals surface area contributed by atoms with Crippen LogP contribution in [0.5, 0.6) is 0 Å². The Morgan fingerprint density at radius 1 is 1.40 bits per heavy atom. The second kappa shape index (κ2) is 4.97. The normalized spacial score (nSPS) is 11.3. The number of aryl methyl sites for hydroxylation is 1. The average molecular weight is 295 g/mol. The van der Waals surface area contributed by atoms with Crippen LogP contribution in [0.2, 0.25) is 0 Å². The molecule has 0 amide bonds. The number of rotatable bonds is 4. The van der Waals surface area contributed by atoms with E-state index in [-0.39, 0.29) is 10.6 Å². The van der Waals surface area contributed by atoms with Gasteiger partial charge in [-0.1, -0.05) is 6.07 Å². The summed E-state index contributed by atoms with van der Waals surface area (Å²) in [5.74, 6) is -1.06. The SMILES string of the molecule is CN(c1cccc[nH+]1)S(=O)(=O)c1cc(C(=O)[O-])n(C)c1. The van der Waals surface area contributed by atoms with Crippen molar-refractivity contribution in [2.75, 3.05) is 11.4 Å². The maximum atomic E-state index is 12.4. The highest BCUT2D eigenvalue weighted by Gasteiger charge is 2.30. The van der Waals surface area contributed by atoms with E-state index in [1.807, 2.05) is 0 Å². The van der Waals surface area contributed by atoms with E-state index in [9.17, 15) is 18.3 Å². The molecule has 0 bridgehead atoms. The Labute approximate surface area is 116 Å². The van der Waals surface area contributed by atoms with Gasteiger partial charge in [-0.15, -0.1) is 0 Å². The van der Waals surface area contributed by atoms with Crippen LogP contribution in [0.15, 0.2) is 41.6 Å². The molecule has 2 aromatic heterocycles. The first-order valence-corrected chi connectivity index (χ1v) is 7.11. The number of pyridine rings is 1. The molecular weight excluding hydrogens is 282 g/mol. The number of aromatic amines is 1. The van der Waals surface area contributed by atoms with E-state index in [1.165, 1.54) is 24.9 Å². The number of nitrogens with zero attached hydrogens (tertiary/aromatic N) is 2. The Morgan fingerprint density at radius 2 is 2.10 bits per heavy atom. The van der Waals surface area contributed by atoms with Crippen molar-refractivity contribution < 1.29 is 23.3 Å². The first-order valence-electron chi connectivity index (χ1n) is 5.67. The Morgan fingerprint density at radius 3 is 2.60 bits per heavy atom. The first kappa shape index (κ1) is 14.1. The predicted molar refractivity (Wildman–Crippen MR) is 68.3 cm³/mol. The predicted octanol–water partition coefficient (Wildman–Crippen LogP) is -0.972. The fraction of sp³-hybridized carbons (Fsp3) is 0.167. The summed E-state index contributed by atoms with van der Waals surface area (Å²) in [4.78, 5) is 13.5. The van der Waals surface area contributed by atoms with Crippen LogP contribution < -0.4 is 14.4 Å². The molecule has 0 saturated heterocycles. The molecule has 20 heavy (non-hydrogen) atoms. The molecule has 0 fully saturated rings. The van der Waals surface area contributed by atoms with Gasteiger partial charge in [0, 0.05) is 19.3 Å². The summed E-state index contributed by atoms with van der Waals surface area (Å²) >= 11 is 0. The van der Waals surface area contributed by atoms with Crippen molar-refractivity contribution in [3.05, 3.63) is 42.4 Å². The minimum atomic E-state index is -3.84. The van der Waals surface area contributed by atoms with Gasteiger partial charge in [0.05, 0.1) is 24.9 Å². The molecule has 0 spiro atoms. The molecule has 2 heterocycles. The summed E-state index contributed by atoms with van der Waals surface area (Å²) < 4.78 is 27.0. The van der Waals surface area contributed by atoms with Crippen LogP contribution in [-0.4, -0.2) is 26.0 Å². The molecule has 0 saturated carbocycles. The van der Waals surface area contributed by atoms with Gasteiger partial charge < -0.3 is 14.5 Å². The number of sulfonamides is 1. The molecule has 0 aliphatic rings. The number of aromatic carboxylic acids is 1. The largest absolute Gasteiger partial charge is 0.543 e. The fourth-order valence-corrected chi connectivity index (χ4v) is 2.99. The molecule has 7 nitrogen and oxygen atoms in total. The highest BCUT2D eigenvalue weighted by molar-refractivity contribution is 7.92. The van der Waals surface area contributed by atoms with Crippen LogP contribution in [-0.2, 0) is 17.1 Å². The van der Waals surface area contributed by atoms with Crippen molar-refractivity contribution >= 4 is 21.8 Å². The zero-order valence-electron chi connectivity index (χ0n) is 10.9. The van der Waals surface area contributed by atoms with Crippen molar-refractivity contribution in [1.29, 1.82) is 0 Å². The Bertz CT molecular complexity index is 737. The summed E-state index contributed by atoms with van der Waals surface area (Å²) in [6.07, 6.45) is 2.83. The Balaban J connectivity index is 2.46. The van der Waals surface area contributed by atoms with Crippen molar-refractivity contribution in [3.8, 4) is 0 Å². The van der Waals surface area contributed by atoms with Crippen LogP contribution in [0.25, 0.3) is 0 Å². The molecule has 0 atom stereocenters. The molecule has 2 rings (SSSR count). The molecule has 0 aliphatic heterocycles. The van der Waals surface area contributed by atoms with Crippen molar-refractivity contribution in [2.24, 2.45) is 7.05 Å². The third-order valence-electron chi connectivity index (χ3n) is 2.88. The number of aromatic nitrogens is 2. The monoisotopic (exact) mass is 295 g/mol. The van der Waals surface area contributed by atoms with Crippen LogP contribution in [0.3, 0.4) is 0 Å². The maximum Gasteiger partial charge on any atom is 0.332 e. The highest BCUT2D eigenvalue weighted by Crippen LogP contribution is 2.20. The van der Waals surface area contributed by atoms with Gasteiger partial charge in [-0.25, -0.2) is 4.98 Å². The number of H-pyrrole nitrogens is 1. The van der Waals surface area contributed by atoms with Crippen molar-refractivity contribution in [2.45, 2.75) is 4.90 Å². The summed E-state index contributed by atoms with van der Waals surface area (Å²) in [6, 6.07) is 6.08. The minimum Gasteiger partial charge on any atom is -0.543 e. The average Bonchev–Trinajstić information content (AvgIpc) is 2.82. The van der Waals surface area contributed by atoms with Crippen LogP contribution >= 0.6 is 0 Å². The second-order valence-corrected chi connectivity index (χ2v) is 6.15. The van der Waals surface area contributed by atoms with E-state index in [4.69, 9.17) is 0 Å². The summed E-state index contributed by atoms with van der Waals surface area (Å²) in [5, 5.41) is 10.9. The van der Waals surface area contributed by atoms with Crippen LogP contribution in [0, 0.1) is 0 Å². The Hall–Kier alpha value is -2.35. The first-order chi connectivity index (χ1) is 9.34. The summed E-state index contributed by atoms with van der Waals surface area (Å²) in [5.41, 5.74) is -0.200. The van der Waals surface area contributed by atoms with Gasteiger partial charge in [-0.2, -0.15) is 12.7 Å². The van der Waals surface area contributed by atoms with E-state index < -0.39 is 16.0 Å². The third kappa shape index (κ3) is 2.37. The molecule has 0 unspecified atom stereocenters. The molecular formula is C12H13N3O4S. The standard InChI is InChI=1S/C12H13N3O4S/c1-14-8-9(7-10(14)12(16)17)20(18,19)15(2)11-5-3-4-6-13-11/h3-8H,1-2H3,(H,16,17). The molecule has 0 aliphatic carbocycles. The lowest BCUT2D eigenvalue weighted by Crippen LogP contribution is -2.31. The van der Waals surface area contributed by atoms with Crippen LogP contribution in [0.4, 0.5) is 5.82 Å². The second-order valence-electron chi connectivity index (χ2n) is 4.18. The lowest BCUT2D eigenvalue weighted by atomic mass is 10.4. The molecule has 1 N–H and O–H groups in total. The van der Waals surface area contributed by atoms with E-state index in [0.29, 0.717) is 5.82 Å². The van der Waals surface area contributed by atoms with Gasteiger partial charge in [0.2, 0.25) is 0 Å². The molecule has 2 aromatic rings. The van der Waals surface area contributed by atoms with E-state index in [0.717, 1.165) is 10.4 Å². The van der Waals surface area contributed by atoms with Gasteiger partial charge >= 0.3 is 10.0 Å². The van der Waals surface area contributed by atoms with Crippen LogP contribution in [0.1, 0.15) is 10.5 Å². The number of carboxylic acid groups (broad SMARTS) is 1. The minimum absolute atomic E-state index is 0.112. The topological polar surface area (TPSA) is 96.6 Å².